The van der Waals surface area contributed by atoms with Gasteiger partial charge in [0.25, 0.3) is 0 Å². The molecular formula is C16H29NO3. The molecular weight excluding hydrogens is 254 g/mol. The molecule has 0 N–H and O–H groups in total. The molecule has 1 heterocycles. The molecule has 2 atom stereocenters. The SMILES string of the molecule is CCCCC(CC)C(=O)N1CCC[C@H](C(=O)OCC)C1. The van der Waals surface area contributed by atoms with Crippen LogP contribution in [0, 0.1) is 11.8 Å². The second kappa shape index (κ2) is 8.98. The van der Waals surface area contributed by atoms with Crippen LogP contribution in [0.4, 0.5) is 0 Å². The lowest BCUT2D eigenvalue weighted by molar-refractivity contribution is -0.152. The van der Waals surface area contributed by atoms with E-state index in [0.717, 1.165) is 45.1 Å². The number of carbonyl (C=O) groups is 2. The molecule has 0 radical (unpaired) electrons. The first kappa shape index (κ1) is 17.0. The van der Waals surface area contributed by atoms with Crippen molar-refractivity contribution >= 4 is 11.9 Å². The van der Waals surface area contributed by atoms with E-state index in [9.17, 15) is 9.59 Å². The molecule has 1 saturated heterocycles. The molecule has 116 valence electrons. The maximum atomic E-state index is 12.5. The minimum atomic E-state index is -0.147. The lowest BCUT2D eigenvalue weighted by Crippen LogP contribution is -2.45. The second-order valence-electron chi connectivity index (χ2n) is 5.62. The Labute approximate surface area is 122 Å². The number of hydrogen-bond acceptors (Lipinski definition) is 3. The predicted molar refractivity (Wildman–Crippen MR) is 79.2 cm³/mol. The van der Waals surface area contributed by atoms with Crippen molar-refractivity contribution < 1.29 is 14.3 Å². The van der Waals surface area contributed by atoms with Crippen LogP contribution in [-0.2, 0) is 14.3 Å². The van der Waals surface area contributed by atoms with E-state index in [1.807, 2.05) is 11.8 Å². The molecule has 1 unspecified atom stereocenters. The standard InChI is InChI=1S/C16H29NO3/c1-4-7-9-13(5-2)15(18)17-11-8-10-14(12-17)16(19)20-6-3/h13-14H,4-12H2,1-3H3/t13?,14-/m0/s1. The molecule has 0 aromatic rings. The van der Waals surface area contributed by atoms with Crippen molar-refractivity contribution in [2.45, 2.75) is 59.3 Å². The van der Waals surface area contributed by atoms with Crippen LogP contribution in [0.15, 0.2) is 0 Å². The van der Waals surface area contributed by atoms with Crippen molar-refractivity contribution in [3.8, 4) is 0 Å². The number of nitrogens with zero attached hydrogens (tertiary/aromatic N) is 1. The first-order chi connectivity index (χ1) is 9.63. The summed E-state index contributed by atoms with van der Waals surface area (Å²) in [5, 5.41) is 0. The number of rotatable bonds is 7. The minimum Gasteiger partial charge on any atom is -0.466 e. The van der Waals surface area contributed by atoms with E-state index in [-0.39, 0.29) is 23.7 Å². The van der Waals surface area contributed by atoms with E-state index in [1.165, 1.54) is 0 Å². The van der Waals surface area contributed by atoms with Gasteiger partial charge in [-0.2, -0.15) is 0 Å². The van der Waals surface area contributed by atoms with E-state index in [1.54, 1.807) is 0 Å². The molecule has 0 aliphatic carbocycles. The number of hydrogen-bond donors (Lipinski definition) is 0. The van der Waals surface area contributed by atoms with Crippen molar-refractivity contribution in [1.29, 1.82) is 0 Å². The molecule has 20 heavy (non-hydrogen) atoms. The second-order valence-corrected chi connectivity index (χ2v) is 5.62. The summed E-state index contributed by atoms with van der Waals surface area (Å²) in [6, 6.07) is 0. The first-order valence-corrected chi connectivity index (χ1v) is 8.09. The number of ether oxygens (including phenoxy) is 1. The number of piperidine rings is 1. The molecule has 1 amide bonds. The monoisotopic (exact) mass is 283 g/mol. The summed E-state index contributed by atoms with van der Waals surface area (Å²) >= 11 is 0. The van der Waals surface area contributed by atoms with Gasteiger partial charge in [-0.1, -0.05) is 26.7 Å². The topological polar surface area (TPSA) is 46.6 Å². The number of likely N-dealkylation sites (tertiary alicyclic amines) is 1. The lowest BCUT2D eigenvalue weighted by atomic mass is 9.93. The molecule has 4 nitrogen and oxygen atoms in total. The maximum Gasteiger partial charge on any atom is 0.310 e. The molecule has 0 aromatic heterocycles. The Kier molecular flexibility index (Phi) is 7.63. The smallest absolute Gasteiger partial charge is 0.310 e. The summed E-state index contributed by atoms with van der Waals surface area (Å²) in [7, 11) is 0. The Bertz CT molecular complexity index is 317. The Morgan fingerprint density at radius 3 is 2.65 bits per heavy atom. The zero-order valence-electron chi connectivity index (χ0n) is 13.2. The fourth-order valence-electron chi connectivity index (χ4n) is 2.84. The average molecular weight is 283 g/mol. The molecule has 0 aromatic carbocycles. The molecule has 1 aliphatic rings. The van der Waals surface area contributed by atoms with Crippen molar-refractivity contribution in [1.82, 2.24) is 4.90 Å². The van der Waals surface area contributed by atoms with Gasteiger partial charge in [0.15, 0.2) is 0 Å². The van der Waals surface area contributed by atoms with E-state index in [2.05, 4.69) is 13.8 Å². The van der Waals surface area contributed by atoms with Crippen LogP contribution in [0.5, 0.6) is 0 Å². The summed E-state index contributed by atoms with van der Waals surface area (Å²) in [4.78, 5) is 26.2. The summed E-state index contributed by atoms with van der Waals surface area (Å²) in [5.74, 6) is 0.0776. The van der Waals surface area contributed by atoms with Gasteiger partial charge in [0.2, 0.25) is 5.91 Å². The van der Waals surface area contributed by atoms with Gasteiger partial charge < -0.3 is 9.64 Å². The molecule has 0 saturated carbocycles. The third kappa shape index (κ3) is 4.80. The van der Waals surface area contributed by atoms with Gasteiger partial charge in [-0.25, -0.2) is 0 Å². The van der Waals surface area contributed by atoms with Crippen LogP contribution in [0.3, 0.4) is 0 Å². The fourth-order valence-corrected chi connectivity index (χ4v) is 2.84. The zero-order valence-corrected chi connectivity index (χ0v) is 13.2. The highest BCUT2D eigenvalue weighted by Crippen LogP contribution is 2.22. The largest absolute Gasteiger partial charge is 0.466 e. The van der Waals surface area contributed by atoms with Crippen LogP contribution >= 0.6 is 0 Å². The van der Waals surface area contributed by atoms with Gasteiger partial charge >= 0.3 is 5.97 Å². The molecule has 4 heteroatoms. The van der Waals surface area contributed by atoms with Crippen LogP contribution in [-0.4, -0.2) is 36.5 Å². The van der Waals surface area contributed by atoms with Crippen LogP contribution in [0.2, 0.25) is 0 Å². The number of esters is 1. The summed E-state index contributed by atoms with van der Waals surface area (Å²) in [6.45, 7) is 7.79. The van der Waals surface area contributed by atoms with Gasteiger partial charge in [-0.15, -0.1) is 0 Å². The predicted octanol–water partition coefficient (Wildman–Crippen LogP) is 3.00. The lowest BCUT2D eigenvalue weighted by Gasteiger charge is -2.33. The molecule has 1 rings (SSSR count). The van der Waals surface area contributed by atoms with E-state index < -0.39 is 0 Å². The summed E-state index contributed by atoms with van der Waals surface area (Å²) in [5.41, 5.74) is 0. The summed E-state index contributed by atoms with van der Waals surface area (Å²) in [6.07, 6.45) is 5.81. The van der Waals surface area contributed by atoms with Gasteiger partial charge in [-0.05, 0) is 32.6 Å². The number of amides is 1. The van der Waals surface area contributed by atoms with Gasteiger partial charge in [0.1, 0.15) is 0 Å². The molecule has 0 spiro atoms. The highest BCUT2D eigenvalue weighted by Gasteiger charge is 2.31. The molecule has 1 fully saturated rings. The van der Waals surface area contributed by atoms with E-state index in [0.29, 0.717) is 13.2 Å². The Balaban J connectivity index is 2.56. The first-order valence-electron chi connectivity index (χ1n) is 8.09. The summed E-state index contributed by atoms with van der Waals surface area (Å²) < 4.78 is 5.08. The maximum absolute atomic E-state index is 12.5. The van der Waals surface area contributed by atoms with Crippen molar-refractivity contribution in [2.75, 3.05) is 19.7 Å². The third-order valence-corrected chi connectivity index (χ3v) is 4.10. The fraction of sp³-hybridized carbons (Fsp3) is 0.875. The quantitative estimate of drug-likeness (QED) is 0.675. The third-order valence-electron chi connectivity index (χ3n) is 4.10. The minimum absolute atomic E-state index is 0.121. The number of carbonyl (C=O) groups excluding carboxylic acids is 2. The number of unbranched alkanes of at least 4 members (excludes halogenated alkanes) is 1. The van der Waals surface area contributed by atoms with E-state index >= 15 is 0 Å². The Hall–Kier alpha value is -1.06. The van der Waals surface area contributed by atoms with Crippen molar-refractivity contribution in [3.05, 3.63) is 0 Å². The average Bonchev–Trinajstić information content (AvgIpc) is 2.48. The highest BCUT2D eigenvalue weighted by atomic mass is 16.5. The molecule has 1 aliphatic heterocycles. The Morgan fingerprint density at radius 2 is 2.05 bits per heavy atom. The van der Waals surface area contributed by atoms with Crippen molar-refractivity contribution in [2.24, 2.45) is 11.8 Å². The van der Waals surface area contributed by atoms with Crippen LogP contribution in [0.25, 0.3) is 0 Å². The normalized spacial score (nSPS) is 20.6. The van der Waals surface area contributed by atoms with Crippen LogP contribution in [0.1, 0.15) is 59.3 Å². The molecule has 0 bridgehead atoms. The Morgan fingerprint density at radius 1 is 1.30 bits per heavy atom. The zero-order chi connectivity index (χ0) is 15.0. The van der Waals surface area contributed by atoms with Crippen molar-refractivity contribution in [3.63, 3.8) is 0 Å². The van der Waals surface area contributed by atoms with Crippen LogP contribution < -0.4 is 0 Å². The van der Waals surface area contributed by atoms with E-state index in [4.69, 9.17) is 4.74 Å². The highest BCUT2D eigenvalue weighted by molar-refractivity contribution is 5.80. The van der Waals surface area contributed by atoms with Gasteiger partial charge in [0.05, 0.1) is 12.5 Å². The van der Waals surface area contributed by atoms with Gasteiger partial charge in [-0.3, -0.25) is 9.59 Å². The van der Waals surface area contributed by atoms with Gasteiger partial charge in [0, 0.05) is 19.0 Å².